The van der Waals surface area contributed by atoms with E-state index in [1.165, 1.54) is 11.0 Å². The lowest BCUT2D eigenvalue weighted by atomic mass is 10.0. The summed E-state index contributed by atoms with van der Waals surface area (Å²) in [5.74, 6) is -0.610. The van der Waals surface area contributed by atoms with Gasteiger partial charge in [0.15, 0.2) is 5.82 Å². The summed E-state index contributed by atoms with van der Waals surface area (Å²) in [5, 5.41) is 19.9. The van der Waals surface area contributed by atoms with Gasteiger partial charge in [-0.1, -0.05) is 6.07 Å². The lowest BCUT2D eigenvalue weighted by Gasteiger charge is -2.06. The molecule has 3 rings (SSSR count). The third-order valence-electron chi connectivity index (χ3n) is 2.92. The van der Waals surface area contributed by atoms with Crippen molar-refractivity contribution in [3.63, 3.8) is 0 Å². The SMILES string of the molecule is O=C(O)C1CCc2nc(-n3cnnn3)ccc21. The number of carboxylic acid groups (broad SMARTS) is 1. The van der Waals surface area contributed by atoms with Crippen LogP contribution in [0.15, 0.2) is 18.5 Å². The summed E-state index contributed by atoms with van der Waals surface area (Å²) in [6.45, 7) is 0. The molecule has 2 aromatic heterocycles. The summed E-state index contributed by atoms with van der Waals surface area (Å²) in [6.07, 6.45) is 2.75. The predicted octanol–water partition coefficient (Wildman–Crippen LogP) is 0.172. The van der Waals surface area contributed by atoms with Crippen LogP contribution in [0.3, 0.4) is 0 Å². The molecule has 7 heteroatoms. The molecular weight excluding hydrogens is 222 g/mol. The largest absolute Gasteiger partial charge is 0.481 e. The van der Waals surface area contributed by atoms with Crippen molar-refractivity contribution >= 4 is 5.97 Å². The van der Waals surface area contributed by atoms with E-state index in [2.05, 4.69) is 20.5 Å². The minimum Gasteiger partial charge on any atom is -0.481 e. The van der Waals surface area contributed by atoms with Crippen molar-refractivity contribution in [3.05, 3.63) is 29.7 Å². The molecule has 0 fully saturated rings. The predicted molar refractivity (Wildman–Crippen MR) is 55.6 cm³/mol. The molecule has 1 aliphatic rings. The first-order valence-corrected chi connectivity index (χ1v) is 5.21. The molecule has 1 unspecified atom stereocenters. The first-order valence-electron chi connectivity index (χ1n) is 5.21. The maximum absolute atomic E-state index is 11.0. The minimum absolute atomic E-state index is 0.430. The van der Waals surface area contributed by atoms with E-state index in [0.29, 0.717) is 18.7 Å². The molecule has 0 amide bonds. The Morgan fingerprint density at radius 2 is 2.35 bits per heavy atom. The van der Waals surface area contributed by atoms with Gasteiger partial charge in [0.2, 0.25) is 0 Å². The third kappa shape index (κ3) is 1.55. The molecule has 86 valence electrons. The van der Waals surface area contributed by atoms with Gasteiger partial charge >= 0.3 is 5.97 Å². The Bertz CT molecular complexity index is 566. The van der Waals surface area contributed by atoms with E-state index in [9.17, 15) is 4.79 Å². The molecule has 2 heterocycles. The van der Waals surface area contributed by atoms with Gasteiger partial charge in [0.25, 0.3) is 0 Å². The van der Waals surface area contributed by atoms with Crippen molar-refractivity contribution in [3.8, 4) is 5.82 Å². The molecule has 1 aliphatic carbocycles. The van der Waals surface area contributed by atoms with Crippen LogP contribution in [0.25, 0.3) is 5.82 Å². The topological polar surface area (TPSA) is 93.8 Å². The third-order valence-corrected chi connectivity index (χ3v) is 2.92. The van der Waals surface area contributed by atoms with Crippen molar-refractivity contribution in [2.75, 3.05) is 0 Å². The van der Waals surface area contributed by atoms with Crippen LogP contribution in [-0.2, 0) is 11.2 Å². The maximum Gasteiger partial charge on any atom is 0.311 e. The fraction of sp³-hybridized carbons (Fsp3) is 0.300. The molecule has 17 heavy (non-hydrogen) atoms. The van der Waals surface area contributed by atoms with Crippen LogP contribution in [0.5, 0.6) is 0 Å². The number of nitrogens with zero attached hydrogens (tertiary/aromatic N) is 5. The number of carbonyl (C=O) groups is 1. The van der Waals surface area contributed by atoms with Gasteiger partial charge in [-0.05, 0) is 34.9 Å². The molecule has 1 N–H and O–H groups in total. The number of tetrazole rings is 1. The summed E-state index contributed by atoms with van der Waals surface area (Å²) in [7, 11) is 0. The summed E-state index contributed by atoms with van der Waals surface area (Å²) in [5.41, 5.74) is 1.62. The Morgan fingerprint density at radius 1 is 1.47 bits per heavy atom. The van der Waals surface area contributed by atoms with Crippen LogP contribution in [0.2, 0.25) is 0 Å². The Kier molecular flexibility index (Phi) is 2.10. The monoisotopic (exact) mass is 231 g/mol. The Balaban J connectivity index is 2.02. The van der Waals surface area contributed by atoms with Crippen LogP contribution >= 0.6 is 0 Å². The van der Waals surface area contributed by atoms with Gasteiger partial charge in [-0.2, -0.15) is 4.68 Å². The molecule has 0 bridgehead atoms. The smallest absolute Gasteiger partial charge is 0.311 e. The average molecular weight is 231 g/mol. The molecule has 2 aromatic rings. The fourth-order valence-corrected chi connectivity index (χ4v) is 2.11. The molecule has 7 nitrogen and oxygen atoms in total. The zero-order chi connectivity index (χ0) is 11.8. The number of hydrogen-bond acceptors (Lipinski definition) is 5. The van der Waals surface area contributed by atoms with E-state index in [-0.39, 0.29) is 0 Å². The van der Waals surface area contributed by atoms with E-state index >= 15 is 0 Å². The summed E-state index contributed by atoms with van der Waals surface area (Å²) in [4.78, 5) is 15.4. The standard InChI is InChI=1S/C10H9N5O2/c16-10(17)7-1-3-8-6(7)2-4-9(12-8)15-5-11-13-14-15/h2,4-5,7H,1,3H2,(H,16,17). The van der Waals surface area contributed by atoms with Crippen molar-refractivity contribution in [2.45, 2.75) is 18.8 Å². The summed E-state index contributed by atoms with van der Waals surface area (Å²) >= 11 is 0. The molecule has 1 atom stereocenters. The van der Waals surface area contributed by atoms with Crippen LogP contribution in [0, 0.1) is 0 Å². The van der Waals surface area contributed by atoms with E-state index in [1.807, 2.05) is 0 Å². The van der Waals surface area contributed by atoms with E-state index in [4.69, 9.17) is 5.11 Å². The minimum atomic E-state index is -0.791. The highest BCUT2D eigenvalue weighted by Gasteiger charge is 2.29. The summed E-state index contributed by atoms with van der Waals surface area (Å²) in [6, 6.07) is 3.53. The quantitative estimate of drug-likeness (QED) is 0.791. The highest BCUT2D eigenvalue weighted by atomic mass is 16.4. The maximum atomic E-state index is 11.0. The number of aromatic nitrogens is 5. The molecule has 0 saturated carbocycles. The molecule has 0 saturated heterocycles. The van der Waals surface area contributed by atoms with Crippen LogP contribution in [-0.4, -0.2) is 36.3 Å². The van der Waals surface area contributed by atoms with E-state index < -0.39 is 11.9 Å². The zero-order valence-electron chi connectivity index (χ0n) is 8.82. The fourth-order valence-electron chi connectivity index (χ4n) is 2.11. The average Bonchev–Trinajstić information content (AvgIpc) is 2.97. The molecule has 0 aromatic carbocycles. The second-order valence-corrected chi connectivity index (χ2v) is 3.89. The van der Waals surface area contributed by atoms with Gasteiger partial charge in [0.05, 0.1) is 5.92 Å². The highest BCUT2D eigenvalue weighted by molar-refractivity contribution is 5.77. The second kappa shape index (κ2) is 3.62. The van der Waals surface area contributed by atoms with Gasteiger partial charge in [-0.15, -0.1) is 5.10 Å². The molecule has 0 aliphatic heterocycles. The summed E-state index contributed by atoms with van der Waals surface area (Å²) < 4.78 is 1.45. The number of carboxylic acids is 1. The number of fused-ring (bicyclic) bond motifs is 1. The number of hydrogen-bond donors (Lipinski definition) is 1. The van der Waals surface area contributed by atoms with Crippen LogP contribution < -0.4 is 0 Å². The van der Waals surface area contributed by atoms with Crippen molar-refractivity contribution in [1.82, 2.24) is 25.2 Å². The first-order chi connectivity index (χ1) is 8.25. The number of aliphatic carboxylic acids is 1. The van der Waals surface area contributed by atoms with Crippen molar-refractivity contribution in [2.24, 2.45) is 0 Å². The lowest BCUT2D eigenvalue weighted by Crippen LogP contribution is -2.08. The van der Waals surface area contributed by atoms with Gasteiger partial charge in [0, 0.05) is 5.69 Å². The Labute approximate surface area is 96.1 Å². The molecule has 0 radical (unpaired) electrons. The van der Waals surface area contributed by atoms with Gasteiger partial charge < -0.3 is 5.11 Å². The molecule has 0 spiro atoms. The Morgan fingerprint density at radius 3 is 3.06 bits per heavy atom. The van der Waals surface area contributed by atoms with E-state index in [1.54, 1.807) is 12.1 Å². The second-order valence-electron chi connectivity index (χ2n) is 3.89. The number of pyridine rings is 1. The van der Waals surface area contributed by atoms with Crippen molar-refractivity contribution < 1.29 is 9.90 Å². The number of rotatable bonds is 2. The normalized spacial score (nSPS) is 18.0. The lowest BCUT2D eigenvalue weighted by molar-refractivity contribution is -0.138. The van der Waals surface area contributed by atoms with Gasteiger partial charge in [-0.3, -0.25) is 4.79 Å². The first kappa shape index (κ1) is 9.88. The van der Waals surface area contributed by atoms with Gasteiger partial charge in [0.1, 0.15) is 6.33 Å². The van der Waals surface area contributed by atoms with Gasteiger partial charge in [-0.25, -0.2) is 4.98 Å². The highest BCUT2D eigenvalue weighted by Crippen LogP contribution is 2.32. The van der Waals surface area contributed by atoms with Crippen LogP contribution in [0.1, 0.15) is 23.6 Å². The molecular formula is C10H9N5O2. The Hall–Kier alpha value is -2.31. The van der Waals surface area contributed by atoms with Crippen molar-refractivity contribution in [1.29, 1.82) is 0 Å². The van der Waals surface area contributed by atoms with Crippen LogP contribution in [0.4, 0.5) is 0 Å². The number of aryl methyl sites for hydroxylation is 1. The zero-order valence-corrected chi connectivity index (χ0v) is 8.82. The van der Waals surface area contributed by atoms with E-state index in [0.717, 1.165) is 11.3 Å².